The van der Waals surface area contributed by atoms with Gasteiger partial charge in [-0.05, 0) is 62.8 Å². The number of halogens is 1. The Bertz CT molecular complexity index is 589. The van der Waals surface area contributed by atoms with Gasteiger partial charge in [0.15, 0.2) is 0 Å². The fourth-order valence-corrected chi connectivity index (χ4v) is 5.24. The summed E-state index contributed by atoms with van der Waals surface area (Å²) in [6.45, 7) is 7.89. The van der Waals surface area contributed by atoms with Crippen LogP contribution in [0.25, 0.3) is 0 Å². The van der Waals surface area contributed by atoms with Crippen molar-refractivity contribution in [2.24, 2.45) is 5.92 Å². The summed E-state index contributed by atoms with van der Waals surface area (Å²) in [5.74, 6) is -0.0430. The predicted octanol–water partition coefficient (Wildman–Crippen LogP) is 3.25. The third kappa shape index (κ3) is 2.61. The summed E-state index contributed by atoms with van der Waals surface area (Å²) in [6, 6.07) is 2.56. The second kappa shape index (κ2) is 5.45. The quantitative estimate of drug-likeness (QED) is 0.840. The zero-order valence-electron chi connectivity index (χ0n) is 12.5. The molecule has 1 saturated heterocycles. The molecule has 1 aromatic carbocycles. The monoisotopic (exact) mass is 299 g/mol. The van der Waals surface area contributed by atoms with E-state index >= 15 is 0 Å². The molecule has 1 aliphatic rings. The summed E-state index contributed by atoms with van der Waals surface area (Å²) in [7, 11) is -3.56. The minimum Gasteiger partial charge on any atom is -0.207 e. The molecule has 112 valence electrons. The molecule has 2 atom stereocenters. The van der Waals surface area contributed by atoms with Crippen LogP contribution in [-0.4, -0.2) is 25.3 Å². The molecule has 0 radical (unpaired) electrons. The maximum Gasteiger partial charge on any atom is 0.243 e. The van der Waals surface area contributed by atoms with Gasteiger partial charge in [-0.25, -0.2) is 12.8 Å². The number of sulfonamides is 1. The van der Waals surface area contributed by atoms with Gasteiger partial charge >= 0.3 is 0 Å². The van der Waals surface area contributed by atoms with Crippen LogP contribution >= 0.6 is 0 Å². The first-order chi connectivity index (χ1) is 9.25. The van der Waals surface area contributed by atoms with Gasteiger partial charge in [-0.3, -0.25) is 0 Å². The standard InChI is InChI=1S/C15H22FNO2S/c1-10-6-5-7-17(13(10)4)20(18,19)15-11(2)8-14(16)9-12(15)3/h8-10,13H,5-7H2,1-4H3. The number of benzene rings is 1. The molecule has 2 unspecified atom stereocenters. The fourth-order valence-electron chi connectivity index (χ4n) is 3.06. The van der Waals surface area contributed by atoms with Crippen molar-refractivity contribution in [1.29, 1.82) is 0 Å². The van der Waals surface area contributed by atoms with Crippen LogP contribution in [0.4, 0.5) is 4.39 Å². The Kier molecular flexibility index (Phi) is 4.21. The largest absolute Gasteiger partial charge is 0.243 e. The zero-order valence-corrected chi connectivity index (χ0v) is 13.3. The van der Waals surface area contributed by atoms with E-state index in [9.17, 15) is 12.8 Å². The van der Waals surface area contributed by atoms with E-state index in [0.29, 0.717) is 23.6 Å². The number of hydrogen-bond donors (Lipinski definition) is 0. The van der Waals surface area contributed by atoms with E-state index in [1.165, 1.54) is 12.1 Å². The van der Waals surface area contributed by atoms with Crippen LogP contribution in [0.15, 0.2) is 17.0 Å². The molecule has 0 N–H and O–H groups in total. The molecule has 0 bridgehead atoms. The highest BCUT2D eigenvalue weighted by atomic mass is 32.2. The lowest BCUT2D eigenvalue weighted by atomic mass is 9.94. The molecule has 5 heteroatoms. The van der Waals surface area contributed by atoms with E-state index in [1.54, 1.807) is 18.2 Å². The Morgan fingerprint density at radius 2 is 1.75 bits per heavy atom. The van der Waals surface area contributed by atoms with E-state index in [4.69, 9.17) is 0 Å². The maximum absolute atomic E-state index is 13.4. The summed E-state index contributed by atoms with van der Waals surface area (Å²) in [5, 5.41) is 0. The summed E-state index contributed by atoms with van der Waals surface area (Å²) < 4.78 is 40.7. The Hall–Kier alpha value is -0.940. The van der Waals surface area contributed by atoms with Crippen molar-refractivity contribution in [3.63, 3.8) is 0 Å². The predicted molar refractivity (Wildman–Crippen MR) is 77.6 cm³/mol. The number of hydrogen-bond acceptors (Lipinski definition) is 2. The Morgan fingerprint density at radius 1 is 1.20 bits per heavy atom. The molecule has 0 spiro atoms. The van der Waals surface area contributed by atoms with Crippen LogP contribution in [0.1, 0.15) is 37.8 Å². The first-order valence-electron chi connectivity index (χ1n) is 7.03. The lowest BCUT2D eigenvalue weighted by Crippen LogP contribution is -2.46. The Labute approximate surface area is 120 Å². The molecule has 0 saturated carbocycles. The summed E-state index contributed by atoms with van der Waals surface area (Å²) in [6.07, 6.45) is 1.93. The molecule has 20 heavy (non-hydrogen) atoms. The molecule has 1 aromatic rings. The van der Waals surface area contributed by atoms with Gasteiger partial charge < -0.3 is 0 Å². The van der Waals surface area contributed by atoms with E-state index in [0.717, 1.165) is 12.8 Å². The molecular formula is C15H22FNO2S. The first kappa shape index (κ1) is 15.4. The summed E-state index contributed by atoms with van der Waals surface area (Å²) in [5.41, 5.74) is 0.959. The molecular weight excluding hydrogens is 277 g/mol. The van der Waals surface area contributed by atoms with Crippen molar-refractivity contribution >= 4 is 10.0 Å². The third-order valence-corrected chi connectivity index (χ3v) is 6.60. The van der Waals surface area contributed by atoms with Gasteiger partial charge in [-0.1, -0.05) is 6.92 Å². The van der Waals surface area contributed by atoms with Crippen LogP contribution in [0.2, 0.25) is 0 Å². The van der Waals surface area contributed by atoms with Crippen molar-refractivity contribution in [2.75, 3.05) is 6.54 Å². The Balaban J connectivity index is 2.50. The van der Waals surface area contributed by atoms with Crippen molar-refractivity contribution in [1.82, 2.24) is 4.31 Å². The Morgan fingerprint density at radius 3 is 2.30 bits per heavy atom. The van der Waals surface area contributed by atoms with Crippen LogP contribution in [-0.2, 0) is 10.0 Å². The van der Waals surface area contributed by atoms with E-state index < -0.39 is 10.0 Å². The van der Waals surface area contributed by atoms with Gasteiger partial charge in [-0.2, -0.15) is 4.31 Å². The van der Waals surface area contributed by atoms with Gasteiger partial charge in [0, 0.05) is 12.6 Å². The molecule has 3 nitrogen and oxygen atoms in total. The van der Waals surface area contributed by atoms with Crippen molar-refractivity contribution < 1.29 is 12.8 Å². The fraction of sp³-hybridized carbons (Fsp3) is 0.600. The third-order valence-electron chi connectivity index (χ3n) is 4.31. The number of rotatable bonds is 2. The molecule has 1 aliphatic heterocycles. The first-order valence-corrected chi connectivity index (χ1v) is 8.47. The average Bonchev–Trinajstić information content (AvgIpc) is 2.30. The van der Waals surface area contributed by atoms with E-state index in [1.807, 2.05) is 6.92 Å². The molecule has 0 aromatic heterocycles. The van der Waals surface area contributed by atoms with E-state index in [2.05, 4.69) is 6.92 Å². The molecule has 1 heterocycles. The molecule has 2 rings (SSSR count). The minimum atomic E-state index is -3.56. The second-order valence-corrected chi connectivity index (χ2v) is 7.67. The number of nitrogens with zero attached hydrogens (tertiary/aromatic N) is 1. The highest BCUT2D eigenvalue weighted by Crippen LogP contribution is 2.31. The van der Waals surface area contributed by atoms with Crippen LogP contribution in [0, 0.1) is 25.6 Å². The van der Waals surface area contributed by atoms with Gasteiger partial charge in [0.1, 0.15) is 5.82 Å². The van der Waals surface area contributed by atoms with Crippen molar-refractivity contribution in [2.45, 2.75) is 51.5 Å². The number of aryl methyl sites for hydroxylation is 2. The highest BCUT2D eigenvalue weighted by Gasteiger charge is 2.36. The molecule has 0 amide bonds. The van der Waals surface area contributed by atoms with Crippen LogP contribution in [0.5, 0.6) is 0 Å². The van der Waals surface area contributed by atoms with Crippen LogP contribution < -0.4 is 0 Å². The maximum atomic E-state index is 13.4. The SMILES string of the molecule is Cc1cc(F)cc(C)c1S(=O)(=O)N1CCCC(C)C1C. The van der Waals surface area contributed by atoms with Gasteiger partial charge in [0.05, 0.1) is 4.90 Å². The van der Waals surface area contributed by atoms with Crippen molar-refractivity contribution in [3.05, 3.63) is 29.1 Å². The average molecular weight is 299 g/mol. The zero-order chi connectivity index (χ0) is 15.1. The summed E-state index contributed by atoms with van der Waals surface area (Å²) >= 11 is 0. The normalized spacial score (nSPS) is 24.9. The highest BCUT2D eigenvalue weighted by molar-refractivity contribution is 7.89. The van der Waals surface area contributed by atoms with Gasteiger partial charge in [0.2, 0.25) is 10.0 Å². The molecule has 1 fully saturated rings. The second-order valence-electron chi connectivity index (χ2n) is 5.84. The number of piperidine rings is 1. The van der Waals surface area contributed by atoms with Gasteiger partial charge in [0.25, 0.3) is 0 Å². The molecule has 0 aliphatic carbocycles. The lowest BCUT2D eigenvalue weighted by molar-refractivity contribution is 0.202. The van der Waals surface area contributed by atoms with Crippen molar-refractivity contribution in [3.8, 4) is 0 Å². The minimum absolute atomic E-state index is 0.0161. The van der Waals surface area contributed by atoms with E-state index in [-0.39, 0.29) is 16.8 Å². The smallest absolute Gasteiger partial charge is 0.207 e. The topological polar surface area (TPSA) is 37.4 Å². The lowest BCUT2D eigenvalue weighted by Gasteiger charge is -2.37. The van der Waals surface area contributed by atoms with Gasteiger partial charge in [-0.15, -0.1) is 0 Å². The summed E-state index contributed by atoms with van der Waals surface area (Å²) in [4.78, 5) is 0.264. The van der Waals surface area contributed by atoms with Crippen LogP contribution in [0.3, 0.4) is 0 Å².